The molecule has 2 aromatic rings. The van der Waals surface area contributed by atoms with Crippen molar-refractivity contribution in [2.45, 2.75) is 31.7 Å². The summed E-state index contributed by atoms with van der Waals surface area (Å²) in [6.45, 7) is 5.51. The molecule has 0 aliphatic heterocycles. The van der Waals surface area contributed by atoms with Crippen LogP contribution in [0.15, 0.2) is 59.5 Å². The van der Waals surface area contributed by atoms with Gasteiger partial charge in [-0.25, -0.2) is 13.1 Å². The molecule has 134 valence electrons. The summed E-state index contributed by atoms with van der Waals surface area (Å²) in [6.07, 6.45) is 0. The summed E-state index contributed by atoms with van der Waals surface area (Å²) in [7, 11) is -3.78. The Morgan fingerprint density at radius 3 is 2.24 bits per heavy atom. The Morgan fingerprint density at radius 2 is 1.68 bits per heavy atom. The summed E-state index contributed by atoms with van der Waals surface area (Å²) in [5, 5.41) is 0. The third-order valence-corrected chi connectivity index (χ3v) is 5.39. The van der Waals surface area contributed by atoms with Crippen molar-refractivity contribution < 1.29 is 17.9 Å². The first-order valence-electron chi connectivity index (χ1n) is 8.15. The summed E-state index contributed by atoms with van der Waals surface area (Å²) in [4.78, 5) is 12.3. The van der Waals surface area contributed by atoms with E-state index in [9.17, 15) is 13.2 Å². The van der Waals surface area contributed by atoms with E-state index in [0.29, 0.717) is 5.56 Å². The molecule has 0 heterocycles. The fourth-order valence-corrected chi connectivity index (χ4v) is 3.79. The van der Waals surface area contributed by atoms with Gasteiger partial charge in [-0.15, -0.1) is 0 Å². The number of rotatable bonds is 7. The van der Waals surface area contributed by atoms with Crippen molar-refractivity contribution in [3.8, 4) is 0 Å². The lowest BCUT2D eigenvalue weighted by Crippen LogP contribution is -2.36. The van der Waals surface area contributed by atoms with Crippen LogP contribution in [-0.2, 0) is 19.6 Å². The van der Waals surface area contributed by atoms with Gasteiger partial charge in [-0.1, -0.05) is 55.0 Å². The summed E-state index contributed by atoms with van der Waals surface area (Å²) in [5.41, 5.74) is 1.68. The first kappa shape index (κ1) is 19.1. The molecule has 2 atom stereocenters. The zero-order valence-corrected chi connectivity index (χ0v) is 15.4. The number of hydrogen-bond donors (Lipinski definition) is 1. The van der Waals surface area contributed by atoms with E-state index < -0.39 is 28.0 Å². The van der Waals surface area contributed by atoms with Crippen LogP contribution < -0.4 is 4.72 Å². The molecule has 0 bridgehead atoms. The van der Waals surface area contributed by atoms with E-state index >= 15 is 0 Å². The fourth-order valence-electron chi connectivity index (χ4n) is 2.48. The van der Waals surface area contributed by atoms with Crippen molar-refractivity contribution in [3.05, 3.63) is 65.7 Å². The lowest BCUT2D eigenvalue weighted by Gasteiger charge is -2.24. The van der Waals surface area contributed by atoms with Crippen LogP contribution in [0.1, 0.15) is 31.0 Å². The van der Waals surface area contributed by atoms with Gasteiger partial charge in [0.2, 0.25) is 10.0 Å². The molecule has 0 aromatic heterocycles. The Morgan fingerprint density at radius 1 is 1.08 bits per heavy atom. The molecule has 0 amide bonds. The Balaban J connectivity index is 2.35. The number of ether oxygens (including phenoxy) is 1. The number of benzene rings is 2. The van der Waals surface area contributed by atoms with Crippen molar-refractivity contribution in [2.24, 2.45) is 5.92 Å². The minimum atomic E-state index is -3.78. The number of sulfonamides is 1. The van der Waals surface area contributed by atoms with Gasteiger partial charge in [-0.05, 0) is 31.5 Å². The van der Waals surface area contributed by atoms with Crippen LogP contribution in [-0.4, -0.2) is 21.0 Å². The third kappa shape index (κ3) is 4.90. The lowest BCUT2D eigenvalue weighted by molar-refractivity contribution is -0.148. The van der Waals surface area contributed by atoms with Gasteiger partial charge in [0.25, 0.3) is 0 Å². The SMILES string of the molecule is CCOC(=O)C(C)C(NS(=O)(=O)c1ccc(C)cc1)c1ccccc1. The summed E-state index contributed by atoms with van der Waals surface area (Å²) < 4.78 is 33.2. The highest BCUT2D eigenvalue weighted by Crippen LogP contribution is 2.25. The summed E-state index contributed by atoms with van der Waals surface area (Å²) in [6, 6.07) is 14.9. The Hall–Kier alpha value is -2.18. The molecule has 0 fully saturated rings. The highest BCUT2D eigenvalue weighted by atomic mass is 32.2. The predicted octanol–water partition coefficient (Wildman–Crippen LogP) is 3.21. The summed E-state index contributed by atoms with van der Waals surface area (Å²) in [5.74, 6) is -1.11. The first-order valence-corrected chi connectivity index (χ1v) is 9.64. The van der Waals surface area contributed by atoms with Crippen LogP contribution in [0.25, 0.3) is 0 Å². The van der Waals surface area contributed by atoms with Crippen LogP contribution in [0.5, 0.6) is 0 Å². The normalized spacial score (nSPS) is 13.9. The van der Waals surface area contributed by atoms with Gasteiger partial charge in [-0.2, -0.15) is 0 Å². The molecule has 0 spiro atoms. The molecule has 2 unspecified atom stereocenters. The largest absolute Gasteiger partial charge is 0.466 e. The highest BCUT2D eigenvalue weighted by molar-refractivity contribution is 7.89. The number of carbonyl (C=O) groups is 1. The predicted molar refractivity (Wildman–Crippen MR) is 96.5 cm³/mol. The minimum absolute atomic E-state index is 0.162. The zero-order valence-electron chi connectivity index (χ0n) is 14.6. The van der Waals surface area contributed by atoms with Gasteiger partial charge in [0, 0.05) is 0 Å². The lowest BCUT2D eigenvalue weighted by atomic mass is 9.95. The van der Waals surface area contributed by atoms with Gasteiger partial charge in [0.1, 0.15) is 0 Å². The molecule has 0 aliphatic rings. The second kappa shape index (κ2) is 8.27. The number of nitrogens with one attached hydrogen (secondary N) is 1. The van der Waals surface area contributed by atoms with Crippen LogP contribution in [0.2, 0.25) is 0 Å². The number of carbonyl (C=O) groups excluding carboxylic acids is 1. The van der Waals surface area contributed by atoms with Crippen molar-refractivity contribution in [2.75, 3.05) is 6.61 Å². The van der Waals surface area contributed by atoms with E-state index in [4.69, 9.17) is 4.74 Å². The second-order valence-electron chi connectivity index (χ2n) is 5.86. The van der Waals surface area contributed by atoms with Crippen molar-refractivity contribution in [1.82, 2.24) is 4.72 Å². The van der Waals surface area contributed by atoms with Gasteiger partial charge < -0.3 is 4.74 Å². The molecule has 6 heteroatoms. The van der Waals surface area contributed by atoms with Gasteiger partial charge in [0.05, 0.1) is 23.5 Å². The van der Waals surface area contributed by atoms with Gasteiger partial charge >= 0.3 is 5.97 Å². The Bertz CT molecular complexity index is 801. The number of hydrogen-bond acceptors (Lipinski definition) is 4. The molecule has 0 saturated heterocycles. The van der Waals surface area contributed by atoms with Crippen LogP contribution in [0.4, 0.5) is 0 Å². The highest BCUT2D eigenvalue weighted by Gasteiger charge is 2.31. The molecular weight excluding hydrogens is 338 g/mol. The molecular formula is C19H23NO4S. The van der Waals surface area contributed by atoms with Gasteiger partial charge in [0.15, 0.2) is 0 Å². The van der Waals surface area contributed by atoms with Crippen LogP contribution in [0, 0.1) is 12.8 Å². The molecule has 25 heavy (non-hydrogen) atoms. The van der Waals surface area contributed by atoms with E-state index in [0.717, 1.165) is 5.56 Å². The van der Waals surface area contributed by atoms with Crippen LogP contribution >= 0.6 is 0 Å². The maximum Gasteiger partial charge on any atom is 0.310 e. The van der Waals surface area contributed by atoms with Crippen molar-refractivity contribution in [3.63, 3.8) is 0 Å². The summed E-state index contributed by atoms with van der Waals surface area (Å²) >= 11 is 0. The second-order valence-corrected chi connectivity index (χ2v) is 7.58. The van der Waals surface area contributed by atoms with Crippen LogP contribution in [0.3, 0.4) is 0 Å². The Labute approximate surface area is 149 Å². The van der Waals surface area contributed by atoms with Crippen molar-refractivity contribution >= 4 is 16.0 Å². The average molecular weight is 361 g/mol. The number of aryl methyl sites for hydroxylation is 1. The average Bonchev–Trinajstić information content (AvgIpc) is 2.60. The molecule has 0 radical (unpaired) electrons. The maximum absolute atomic E-state index is 12.7. The smallest absolute Gasteiger partial charge is 0.310 e. The van der Waals surface area contributed by atoms with E-state index in [2.05, 4.69) is 4.72 Å². The molecule has 0 aliphatic carbocycles. The molecule has 2 rings (SSSR count). The first-order chi connectivity index (χ1) is 11.8. The standard InChI is InChI=1S/C19H23NO4S/c1-4-24-19(21)15(3)18(16-8-6-5-7-9-16)20-25(22,23)17-12-10-14(2)11-13-17/h5-13,15,18,20H,4H2,1-3H3. The molecule has 2 aromatic carbocycles. The number of esters is 1. The monoisotopic (exact) mass is 361 g/mol. The van der Waals surface area contributed by atoms with Crippen molar-refractivity contribution in [1.29, 1.82) is 0 Å². The Kier molecular flexibility index (Phi) is 6.33. The van der Waals surface area contributed by atoms with E-state index in [-0.39, 0.29) is 11.5 Å². The zero-order chi connectivity index (χ0) is 18.4. The molecule has 1 N–H and O–H groups in total. The minimum Gasteiger partial charge on any atom is -0.466 e. The molecule has 0 saturated carbocycles. The topological polar surface area (TPSA) is 72.5 Å². The van der Waals surface area contributed by atoms with E-state index in [1.165, 1.54) is 0 Å². The third-order valence-electron chi connectivity index (χ3n) is 3.93. The fraction of sp³-hybridized carbons (Fsp3) is 0.316. The maximum atomic E-state index is 12.7. The quantitative estimate of drug-likeness (QED) is 0.769. The van der Waals surface area contributed by atoms with Gasteiger partial charge in [-0.3, -0.25) is 4.79 Å². The van der Waals surface area contributed by atoms with E-state index in [1.807, 2.05) is 13.0 Å². The van der Waals surface area contributed by atoms with E-state index in [1.54, 1.807) is 62.4 Å². The molecule has 5 nitrogen and oxygen atoms in total.